The first-order valence-electron chi connectivity index (χ1n) is 3.85. The molecule has 0 spiro atoms. The van der Waals surface area contributed by atoms with Crippen LogP contribution in [-0.2, 0) is 4.74 Å². The fourth-order valence-corrected chi connectivity index (χ4v) is 0.662. The molecule has 0 aromatic heterocycles. The molecule has 2 nitrogen and oxygen atoms in total. The van der Waals surface area contributed by atoms with E-state index in [1.807, 2.05) is 14.0 Å². The largest absolute Gasteiger partial charge is 0.377 e. The molecule has 10 heavy (non-hydrogen) atoms. The zero-order chi connectivity index (χ0) is 8.20. The standard InChI is InChI=1S/C8H19NO/c1-6-10-7(2)8(3,4)9-5/h7,9H,6H2,1-5H3. The third-order valence-electron chi connectivity index (χ3n) is 2.08. The smallest absolute Gasteiger partial charge is 0.0722 e. The van der Waals surface area contributed by atoms with E-state index >= 15 is 0 Å². The molecule has 0 aliphatic rings. The van der Waals surface area contributed by atoms with Gasteiger partial charge in [0.1, 0.15) is 0 Å². The predicted octanol–water partition coefficient (Wildman–Crippen LogP) is 1.41. The quantitative estimate of drug-likeness (QED) is 0.646. The Bertz CT molecular complexity index is 91.3. The van der Waals surface area contributed by atoms with Gasteiger partial charge in [0.15, 0.2) is 0 Å². The molecule has 0 saturated carbocycles. The van der Waals surface area contributed by atoms with Gasteiger partial charge in [0.25, 0.3) is 0 Å². The van der Waals surface area contributed by atoms with Gasteiger partial charge in [0, 0.05) is 12.1 Å². The van der Waals surface area contributed by atoms with Gasteiger partial charge in [-0.05, 0) is 34.7 Å². The van der Waals surface area contributed by atoms with Crippen LogP contribution in [0.4, 0.5) is 0 Å². The molecule has 1 N–H and O–H groups in total. The third-order valence-corrected chi connectivity index (χ3v) is 2.08. The maximum Gasteiger partial charge on any atom is 0.0722 e. The van der Waals surface area contributed by atoms with Gasteiger partial charge >= 0.3 is 0 Å². The van der Waals surface area contributed by atoms with Crippen LogP contribution >= 0.6 is 0 Å². The first-order chi connectivity index (χ1) is 4.54. The van der Waals surface area contributed by atoms with Crippen molar-refractivity contribution in [3.05, 3.63) is 0 Å². The Hall–Kier alpha value is -0.0800. The average Bonchev–Trinajstić information content (AvgIpc) is 1.89. The molecule has 0 heterocycles. The maximum absolute atomic E-state index is 5.44. The lowest BCUT2D eigenvalue weighted by Crippen LogP contribution is -2.47. The molecule has 0 amide bonds. The highest BCUT2D eigenvalue weighted by atomic mass is 16.5. The number of hydrogen-bond acceptors (Lipinski definition) is 2. The lowest BCUT2D eigenvalue weighted by Gasteiger charge is -2.30. The number of nitrogens with one attached hydrogen (secondary N) is 1. The summed E-state index contributed by atoms with van der Waals surface area (Å²) >= 11 is 0. The molecule has 1 atom stereocenters. The summed E-state index contributed by atoms with van der Waals surface area (Å²) in [7, 11) is 1.95. The van der Waals surface area contributed by atoms with Gasteiger partial charge in [-0.1, -0.05) is 0 Å². The lowest BCUT2D eigenvalue weighted by atomic mass is 9.99. The van der Waals surface area contributed by atoms with E-state index in [4.69, 9.17) is 4.74 Å². The molecule has 62 valence electrons. The first kappa shape index (κ1) is 9.92. The highest BCUT2D eigenvalue weighted by Crippen LogP contribution is 2.10. The predicted molar refractivity (Wildman–Crippen MR) is 44.2 cm³/mol. The van der Waals surface area contributed by atoms with Gasteiger partial charge in [0.2, 0.25) is 0 Å². The van der Waals surface area contributed by atoms with Gasteiger partial charge < -0.3 is 10.1 Å². The maximum atomic E-state index is 5.44. The molecule has 0 rings (SSSR count). The van der Waals surface area contributed by atoms with E-state index in [1.165, 1.54) is 0 Å². The van der Waals surface area contributed by atoms with E-state index in [0.717, 1.165) is 6.61 Å². The van der Waals surface area contributed by atoms with Crippen molar-refractivity contribution in [3.8, 4) is 0 Å². The second kappa shape index (κ2) is 3.94. The fraction of sp³-hybridized carbons (Fsp3) is 1.00. The van der Waals surface area contributed by atoms with Gasteiger partial charge in [0.05, 0.1) is 6.10 Å². The third kappa shape index (κ3) is 2.67. The van der Waals surface area contributed by atoms with Crippen LogP contribution in [0.15, 0.2) is 0 Å². The molecule has 0 aliphatic carbocycles. The monoisotopic (exact) mass is 145 g/mol. The summed E-state index contributed by atoms with van der Waals surface area (Å²) in [5, 5.41) is 3.20. The molecule has 2 heteroatoms. The van der Waals surface area contributed by atoms with E-state index in [-0.39, 0.29) is 11.6 Å². The number of ether oxygens (including phenoxy) is 1. The van der Waals surface area contributed by atoms with Crippen LogP contribution in [0.3, 0.4) is 0 Å². The number of rotatable bonds is 4. The van der Waals surface area contributed by atoms with Crippen molar-refractivity contribution < 1.29 is 4.74 Å². The van der Waals surface area contributed by atoms with Crippen LogP contribution < -0.4 is 5.32 Å². The minimum absolute atomic E-state index is 0.0794. The van der Waals surface area contributed by atoms with Gasteiger partial charge in [-0.2, -0.15) is 0 Å². The average molecular weight is 145 g/mol. The summed E-state index contributed by atoms with van der Waals surface area (Å²) in [5.74, 6) is 0. The van der Waals surface area contributed by atoms with Crippen molar-refractivity contribution in [1.29, 1.82) is 0 Å². The van der Waals surface area contributed by atoms with Crippen LogP contribution in [0.2, 0.25) is 0 Å². The molecule has 0 aliphatic heterocycles. The Morgan fingerprint density at radius 2 is 2.00 bits per heavy atom. The summed E-state index contributed by atoms with van der Waals surface area (Å²) in [6, 6.07) is 0. The molecular formula is C8H19NO. The molecule has 0 aromatic rings. The molecule has 1 unspecified atom stereocenters. The van der Waals surface area contributed by atoms with E-state index in [9.17, 15) is 0 Å². The Morgan fingerprint density at radius 3 is 2.30 bits per heavy atom. The van der Waals surface area contributed by atoms with E-state index in [1.54, 1.807) is 0 Å². The Morgan fingerprint density at radius 1 is 1.50 bits per heavy atom. The zero-order valence-corrected chi connectivity index (χ0v) is 7.69. The van der Waals surface area contributed by atoms with Crippen molar-refractivity contribution >= 4 is 0 Å². The normalized spacial score (nSPS) is 15.3. The molecule has 0 bridgehead atoms. The van der Waals surface area contributed by atoms with Gasteiger partial charge in [-0.15, -0.1) is 0 Å². The molecule has 0 radical (unpaired) electrons. The van der Waals surface area contributed by atoms with Crippen LogP contribution in [0.5, 0.6) is 0 Å². The second-order valence-electron chi connectivity index (χ2n) is 3.07. The topological polar surface area (TPSA) is 21.3 Å². The van der Waals surface area contributed by atoms with Crippen molar-refractivity contribution in [3.63, 3.8) is 0 Å². The van der Waals surface area contributed by atoms with Crippen molar-refractivity contribution in [2.24, 2.45) is 0 Å². The molecule has 0 saturated heterocycles. The highest BCUT2D eigenvalue weighted by molar-refractivity contribution is 4.82. The number of likely N-dealkylation sites (N-methyl/N-ethyl adjacent to an activating group) is 1. The van der Waals surface area contributed by atoms with Crippen molar-refractivity contribution in [1.82, 2.24) is 5.32 Å². The van der Waals surface area contributed by atoms with Crippen LogP contribution in [-0.4, -0.2) is 25.3 Å². The van der Waals surface area contributed by atoms with Crippen LogP contribution in [0.1, 0.15) is 27.7 Å². The van der Waals surface area contributed by atoms with Gasteiger partial charge in [-0.25, -0.2) is 0 Å². The van der Waals surface area contributed by atoms with E-state index < -0.39 is 0 Å². The summed E-state index contributed by atoms with van der Waals surface area (Å²) < 4.78 is 5.44. The highest BCUT2D eigenvalue weighted by Gasteiger charge is 2.23. The van der Waals surface area contributed by atoms with E-state index in [0.29, 0.717) is 0 Å². The molecule has 0 fully saturated rings. The van der Waals surface area contributed by atoms with E-state index in [2.05, 4.69) is 26.1 Å². The van der Waals surface area contributed by atoms with Crippen molar-refractivity contribution in [2.75, 3.05) is 13.7 Å². The molecular weight excluding hydrogens is 126 g/mol. The summed E-state index contributed by atoms with van der Waals surface area (Å²) in [4.78, 5) is 0. The first-order valence-corrected chi connectivity index (χ1v) is 3.85. The summed E-state index contributed by atoms with van der Waals surface area (Å²) in [5.41, 5.74) is 0.0794. The summed E-state index contributed by atoms with van der Waals surface area (Å²) in [6.45, 7) is 9.15. The SMILES string of the molecule is CCOC(C)C(C)(C)NC. The van der Waals surface area contributed by atoms with Gasteiger partial charge in [-0.3, -0.25) is 0 Å². The van der Waals surface area contributed by atoms with Crippen molar-refractivity contribution in [2.45, 2.75) is 39.3 Å². The number of hydrogen-bond donors (Lipinski definition) is 1. The fourth-order valence-electron chi connectivity index (χ4n) is 0.662. The minimum atomic E-state index is 0.0794. The van der Waals surface area contributed by atoms with Crippen LogP contribution in [0, 0.1) is 0 Å². The molecule has 0 aromatic carbocycles. The Balaban J connectivity index is 3.78. The van der Waals surface area contributed by atoms with Crippen LogP contribution in [0.25, 0.3) is 0 Å². The second-order valence-corrected chi connectivity index (χ2v) is 3.07. The zero-order valence-electron chi connectivity index (χ0n) is 7.69. The summed E-state index contributed by atoms with van der Waals surface area (Å²) in [6.07, 6.45) is 0.266. The lowest BCUT2D eigenvalue weighted by molar-refractivity contribution is 0.0195. The Kier molecular flexibility index (Phi) is 3.91. The minimum Gasteiger partial charge on any atom is -0.377 e. The Labute approximate surface area is 64.0 Å².